The average Bonchev–Trinajstić information content (AvgIpc) is 2.68. The fourth-order valence-corrected chi connectivity index (χ4v) is 3.14. The van der Waals surface area contributed by atoms with E-state index in [1.165, 1.54) is 25.1 Å². The van der Waals surface area contributed by atoms with Gasteiger partial charge in [-0.3, -0.25) is 14.9 Å². The number of nitro benzene ring substituents is 1. The Balaban J connectivity index is 1.84. The van der Waals surface area contributed by atoms with Crippen LogP contribution in [-0.2, 0) is 0 Å². The zero-order valence-corrected chi connectivity index (χ0v) is 15.0. The number of piperidine rings is 1. The van der Waals surface area contributed by atoms with Crippen molar-refractivity contribution >= 4 is 23.1 Å². The van der Waals surface area contributed by atoms with Crippen molar-refractivity contribution < 1.29 is 19.2 Å². The summed E-state index contributed by atoms with van der Waals surface area (Å²) >= 11 is 0. The minimum Gasteiger partial charge on any atom is -0.423 e. The summed E-state index contributed by atoms with van der Waals surface area (Å²) in [6.07, 6.45) is 3.11. The summed E-state index contributed by atoms with van der Waals surface area (Å²) < 4.78 is 5.28. The summed E-state index contributed by atoms with van der Waals surface area (Å²) in [4.78, 5) is 36.9. The number of anilines is 1. The fourth-order valence-electron chi connectivity index (χ4n) is 3.14. The minimum absolute atomic E-state index is 0.0932. The van der Waals surface area contributed by atoms with E-state index in [9.17, 15) is 19.7 Å². The summed E-state index contributed by atoms with van der Waals surface area (Å²) in [5.41, 5.74) is 0.932. The first-order valence-corrected chi connectivity index (χ1v) is 8.82. The third kappa shape index (κ3) is 4.31. The molecule has 1 aliphatic rings. The van der Waals surface area contributed by atoms with Gasteiger partial charge in [0.1, 0.15) is 11.4 Å². The van der Waals surface area contributed by atoms with E-state index in [0.29, 0.717) is 11.3 Å². The van der Waals surface area contributed by atoms with Gasteiger partial charge in [-0.25, -0.2) is 4.79 Å². The highest BCUT2D eigenvalue weighted by Crippen LogP contribution is 2.31. The molecule has 2 aromatic carbocycles. The van der Waals surface area contributed by atoms with Crippen molar-refractivity contribution in [1.29, 1.82) is 0 Å². The average molecular weight is 368 g/mol. The molecule has 7 heteroatoms. The number of carbonyl (C=O) groups is 2. The van der Waals surface area contributed by atoms with E-state index in [0.717, 1.165) is 32.4 Å². The molecule has 0 unspecified atom stereocenters. The Labute approximate surface area is 156 Å². The van der Waals surface area contributed by atoms with Crippen LogP contribution < -0.4 is 9.64 Å². The molecule has 0 N–H and O–H groups in total. The molecule has 0 atom stereocenters. The Morgan fingerprint density at radius 1 is 1.04 bits per heavy atom. The summed E-state index contributed by atoms with van der Waals surface area (Å²) in [6, 6.07) is 10.7. The van der Waals surface area contributed by atoms with E-state index in [2.05, 4.69) is 0 Å². The lowest BCUT2D eigenvalue weighted by molar-refractivity contribution is -0.384. The first-order valence-electron chi connectivity index (χ1n) is 8.82. The van der Waals surface area contributed by atoms with E-state index in [1.54, 1.807) is 24.3 Å². The zero-order chi connectivity index (χ0) is 19.4. The number of ketones is 1. The van der Waals surface area contributed by atoms with Crippen molar-refractivity contribution in [2.45, 2.75) is 26.2 Å². The molecule has 7 nitrogen and oxygen atoms in total. The van der Waals surface area contributed by atoms with Gasteiger partial charge in [0, 0.05) is 24.7 Å². The molecule has 27 heavy (non-hydrogen) atoms. The zero-order valence-electron chi connectivity index (χ0n) is 15.0. The summed E-state index contributed by atoms with van der Waals surface area (Å²) in [7, 11) is 0. The standard InChI is InChI=1S/C20H20N2O5/c1-14(23)15-6-5-7-17(12-15)27-20(24)16-8-9-18(19(13-16)22(25)26)21-10-3-2-4-11-21/h5-9,12-13H,2-4,10-11H2,1H3. The second-order valence-corrected chi connectivity index (χ2v) is 6.48. The third-order valence-electron chi connectivity index (χ3n) is 4.56. The van der Waals surface area contributed by atoms with Crippen LogP contribution in [0.15, 0.2) is 42.5 Å². The number of hydrogen-bond donors (Lipinski definition) is 0. The van der Waals surface area contributed by atoms with Crippen LogP contribution >= 0.6 is 0 Å². The number of rotatable bonds is 5. The summed E-state index contributed by atoms with van der Waals surface area (Å²) in [5, 5.41) is 11.5. The second kappa shape index (κ2) is 7.99. The number of esters is 1. The van der Waals surface area contributed by atoms with E-state index in [1.807, 2.05) is 4.90 Å². The van der Waals surface area contributed by atoms with Crippen LogP contribution in [-0.4, -0.2) is 29.8 Å². The van der Waals surface area contributed by atoms with Crippen LogP contribution in [0.1, 0.15) is 46.9 Å². The van der Waals surface area contributed by atoms with Crippen molar-refractivity contribution in [3.8, 4) is 5.75 Å². The van der Waals surface area contributed by atoms with Gasteiger partial charge in [0.2, 0.25) is 0 Å². The second-order valence-electron chi connectivity index (χ2n) is 6.48. The van der Waals surface area contributed by atoms with Crippen LogP contribution in [0.5, 0.6) is 5.75 Å². The number of carbonyl (C=O) groups excluding carboxylic acids is 2. The topological polar surface area (TPSA) is 89.8 Å². The van der Waals surface area contributed by atoms with Crippen molar-refractivity contribution in [3.05, 3.63) is 63.7 Å². The largest absolute Gasteiger partial charge is 0.423 e. The van der Waals surface area contributed by atoms with Crippen LogP contribution in [0, 0.1) is 10.1 Å². The van der Waals surface area contributed by atoms with Crippen molar-refractivity contribution in [2.75, 3.05) is 18.0 Å². The third-order valence-corrected chi connectivity index (χ3v) is 4.56. The van der Waals surface area contributed by atoms with Gasteiger partial charge in [0.25, 0.3) is 5.69 Å². The Hall–Kier alpha value is -3.22. The maximum atomic E-state index is 12.4. The molecule has 1 saturated heterocycles. The lowest BCUT2D eigenvalue weighted by Gasteiger charge is -2.28. The van der Waals surface area contributed by atoms with Crippen molar-refractivity contribution in [3.63, 3.8) is 0 Å². The van der Waals surface area contributed by atoms with Gasteiger partial charge < -0.3 is 9.64 Å². The van der Waals surface area contributed by atoms with Gasteiger partial charge >= 0.3 is 5.97 Å². The molecule has 0 spiro atoms. The highest BCUT2D eigenvalue weighted by Gasteiger charge is 2.23. The first kappa shape index (κ1) is 18.6. The van der Waals surface area contributed by atoms with Crippen LogP contribution in [0.2, 0.25) is 0 Å². The molecule has 3 rings (SSSR count). The Morgan fingerprint density at radius 3 is 2.44 bits per heavy atom. The SMILES string of the molecule is CC(=O)c1cccc(OC(=O)c2ccc(N3CCCCC3)c([N+](=O)[O-])c2)c1. The van der Waals surface area contributed by atoms with Gasteiger partial charge in [-0.2, -0.15) is 0 Å². The van der Waals surface area contributed by atoms with E-state index < -0.39 is 10.9 Å². The van der Waals surface area contributed by atoms with Gasteiger partial charge in [0.05, 0.1) is 10.5 Å². The predicted molar refractivity (Wildman–Crippen MR) is 101 cm³/mol. The van der Waals surface area contributed by atoms with Crippen molar-refractivity contribution in [1.82, 2.24) is 0 Å². The molecule has 1 heterocycles. The Bertz CT molecular complexity index is 888. The normalized spacial score (nSPS) is 13.9. The highest BCUT2D eigenvalue weighted by molar-refractivity contribution is 5.95. The van der Waals surface area contributed by atoms with Gasteiger partial charge in [-0.05, 0) is 50.5 Å². The smallest absolute Gasteiger partial charge is 0.343 e. The lowest BCUT2D eigenvalue weighted by Crippen LogP contribution is -2.30. The molecule has 0 saturated carbocycles. The van der Waals surface area contributed by atoms with Gasteiger partial charge in [0.15, 0.2) is 5.78 Å². The maximum absolute atomic E-state index is 12.4. The molecule has 1 aliphatic heterocycles. The number of ether oxygens (including phenoxy) is 1. The van der Waals surface area contributed by atoms with E-state index >= 15 is 0 Å². The summed E-state index contributed by atoms with van der Waals surface area (Å²) in [5.74, 6) is -0.631. The van der Waals surface area contributed by atoms with Crippen LogP contribution in [0.4, 0.5) is 11.4 Å². The lowest BCUT2D eigenvalue weighted by atomic mass is 10.1. The van der Waals surface area contributed by atoms with Gasteiger partial charge in [-0.1, -0.05) is 12.1 Å². The number of benzene rings is 2. The molecule has 0 amide bonds. The number of nitrogens with zero attached hydrogens (tertiary/aromatic N) is 2. The number of nitro groups is 1. The summed E-state index contributed by atoms with van der Waals surface area (Å²) in [6.45, 7) is 2.95. The highest BCUT2D eigenvalue weighted by atomic mass is 16.6. The molecule has 0 radical (unpaired) electrons. The molecule has 140 valence electrons. The number of hydrogen-bond acceptors (Lipinski definition) is 6. The quantitative estimate of drug-likeness (QED) is 0.260. The molecular formula is C20H20N2O5. The molecular weight excluding hydrogens is 348 g/mol. The fraction of sp³-hybridized carbons (Fsp3) is 0.300. The Kier molecular flexibility index (Phi) is 5.49. The maximum Gasteiger partial charge on any atom is 0.343 e. The van der Waals surface area contributed by atoms with Crippen molar-refractivity contribution in [2.24, 2.45) is 0 Å². The van der Waals surface area contributed by atoms with E-state index in [-0.39, 0.29) is 22.8 Å². The molecule has 0 aliphatic carbocycles. The van der Waals surface area contributed by atoms with Crippen LogP contribution in [0.25, 0.3) is 0 Å². The molecule has 0 aromatic heterocycles. The van der Waals surface area contributed by atoms with Gasteiger partial charge in [-0.15, -0.1) is 0 Å². The Morgan fingerprint density at radius 2 is 1.78 bits per heavy atom. The monoisotopic (exact) mass is 368 g/mol. The number of Topliss-reactive ketones (excluding diaryl/α,β-unsaturated/α-hetero) is 1. The minimum atomic E-state index is -0.705. The van der Waals surface area contributed by atoms with Crippen LogP contribution in [0.3, 0.4) is 0 Å². The predicted octanol–water partition coefficient (Wildman–Crippen LogP) is 4.01. The van der Waals surface area contributed by atoms with E-state index in [4.69, 9.17) is 4.74 Å². The molecule has 2 aromatic rings. The first-order chi connectivity index (χ1) is 13.0. The molecule has 1 fully saturated rings. The molecule has 0 bridgehead atoms.